The molecule has 327 valence electrons. The Kier molecular flexibility index (Phi) is 9.46. The summed E-state index contributed by atoms with van der Waals surface area (Å²) in [5, 5.41) is 6.26. The number of fused-ring (bicyclic) bond motifs is 6. The molecule has 4 heteroatoms. The van der Waals surface area contributed by atoms with Crippen LogP contribution in [0.2, 0.25) is 0 Å². The molecular weight excluding hydrogens is 945 g/mol. The molecule has 8 aromatic rings. The van der Waals surface area contributed by atoms with Crippen molar-refractivity contribution in [2.24, 2.45) is 16.2 Å². The number of pyridine rings is 2. The molecule has 2 fully saturated rings. The van der Waals surface area contributed by atoms with Crippen LogP contribution in [0.25, 0.3) is 66.0 Å². The largest absolute Gasteiger partial charge is 0.501 e. The zero-order valence-electron chi connectivity index (χ0n) is 48.3. The van der Waals surface area contributed by atoms with Gasteiger partial charge in [0.15, 0.2) is 0 Å². The van der Waals surface area contributed by atoms with Crippen molar-refractivity contribution >= 4 is 43.5 Å². The van der Waals surface area contributed by atoms with Crippen LogP contribution in [0, 0.1) is 42.1 Å². The summed E-state index contributed by atoms with van der Waals surface area (Å²) in [4.78, 5) is 8.84. The first-order chi connectivity index (χ1) is 34.0. The van der Waals surface area contributed by atoms with Crippen LogP contribution in [0.15, 0.2) is 108 Å². The average Bonchev–Trinajstić information content (AvgIpc) is 3.71. The van der Waals surface area contributed by atoms with Gasteiger partial charge in [0.1, 0.15) is 5.58 Å². The number of aromatic nitrogens is 2. The Morgan fingerprint density at radius 2 is 1.48 bits per heavy atom. The molecule has 2 aliphatic carbocycles. The van der Waals surface area contributed by atoms with E-state index in [2.05, 4.69) is 64.6 Å². The summed E-state index contributed by atoms with van der Waals surface area (Å²) in [7, 11) is 0. The monoisotopic (exact) mass is 1020 g/mol. The molecule has 0 atom stereocenters. The van der Waals surface area contributed by atoms with Crippen LogP contribution in [0.4, 0.5) is 0 Å². The summed E-state index contributed by atoms with van der Waals surface area (Å²) >= 11 is 0. The Bertz CT molecular complexity index is 3330. The number of furan rings is 1. The number of rotatable bonds is 5. The van der Waals surface area contributed by atoms with E-state index in [1.54, 1.807) is 51.1 Å². The molecule has 10 rings (SSSR count). The second-order valence-corrected chi connectivity index (χ2v) is 19.7. The van der Waals surface area contributed by atoms with E-state index >= 15 is 0 Å². The van der Waals surface area contributed by atoms with E-state index < -0.39 is 43.2 Å². The van der Waals surface area contributed by atoms with Crippen LogP contribution in [0.5, 0.6) is 0 Å². The number of benzene rings is 5. The van der Waals surface area contributed by atoms with Gasteiger partial charge < -0.3 is 14.4 Å². The second kappa shape index (κ2) is 18.1. The van der Waals surface area contributed by atoms with Crippen molar-refractivity contribution < 1.29 is 39.6 Å². The standard InChI is InChI=1S/C42H44NO.C17H20N.Ir/c1-27-26-43-38(23-32(27)25-41(2,3)4)35-10-8-9-34-37-22-31-12-11-30-21-29(13-14-33(30)36(31)24-39(37)44-40(34)35)28-15-19-42(20-16-28)17-6-5-7-18-42;1-13-5-8-15(9-6-13)16-10-7-14(12-18-16)11-17(2,3)4;/h8-9,11-14,21-24,26,28H,5-7,15-20,25H2,1-4H3;5-8,10,12H,11H2,1-4H3;/q2*-1;/i1D3,25D2,28D;1D3,11D2;. The van der Waals surface area contributed by atoms with Gasteiger partial charge in [-0.15, -0.1) is 53.6 Å². The van der Waals surface area contributed by atoms with E-state index in [-0.39, 0.29) is 36.8 Å². The van der Waals surface area contributed by atoms with Crippen LogP contribution in [-0.4, -0.2) is 9.97 Å². The Hall–Kier alpha value is -4.63. The van der Waals surface area contributed by atoms with Gasteiger partial charge in [-0.3, -0.25) is 0 Å². The van der Waals surface area contributed by atoms with Crippen LogP contribution < -0.4 is 0 Å². The van der Waals surface area contributed by atoms with Gasteiger partial charge >= 0.3 is 0 Å². The maximum absolute atomic E-state index is 9.51. The Morgan fingerprint density at radius 3 is 2.16 bits per heavy atom. The normalized spacial score (nSPS) is 19.7. The molecule has 2 saturated carbocycles. The van der Waals surface area contributed by atoms with Crippen molar-refractivity contribution in [2.45, 2.75) is 132 Å². The van der Waals surface area contributed by atoms with Crippen molar-refractivity contribution in [1.82, 2.24) is 9.97 Å². The predicted molar refractivity (Wildman–Crippen MR) is 262 cm³/mol. The maximum atomic E-state index is 9.51. The van der Waals surface area contributed by atoms with Crippen LogP contribution in [0.3, 0.4) is 0 Å². The summed E-state index contributed by atoms with van der Waals surface area (Å²) in [5.74, 6) is -0.538. The smallest absolute Gasteiger partial charge is 0.121 e. The molecule has 0 aliphatic heterocycles. The molecule has 1 radical (unpaired) electrons. The van der Waals surface area contributed by atoms with E-state index in [0.717, 1.165) is 56.3 Å². The van der Waals surface area contributed by atoms with Gasteiger partial charge in [-0.05, 0) is 142 Å². The van der Waals surface area contributed by atoms with Gasteiger partial charge in [-0.25, -0.2) is 0 Å². The van der Waals surface area contributed by atoms with E-state index in [0.29, 0.717) is 39.1 Å². The van der Waals surface area contributed by atoms with E-state index in [9.17, 15) is 1.37 Å². The summed E-state index contributed by atoms with van der Waals surface area (Å²) in [6.07, 6.45) is 10.3. The molecule has 3 aromatic heterocycles. The first kappa shape index (κ1) is 32.9. The fourth-order valence-corrected chi connectivity index (χ4v) is 9.63. The second-order valence-electron chi connectivity index (χ2n) is 19.7. The van der Waals surface area contributed by atoms with Crippen molar-refractivity contribution in [3.63, 3.8) is 0 Å². The predicted octanol–water partition coefficient (Wildman–Crippen LogP) is 16.7. The molecule has 0 amide bonds. The third kappa shape index (κ3) is 10.0. The summed E-state index contributed by atoms with van der Waals surface area (Å²) in [6, 6.07) is 34.8. The van der Waals surface area contributed by atoms with Crippen molar-refractivity contribution in [3.05, 3.63) is 143 Å². The Labute approximate surface area is 405 Å². The Morgan fingerprint density at radius 1 is 0.714 bits per heavy atom. The molecule has 2 aliphatic rings. The topological polar surface area (TPSA) is 38.9 Å². The quantitative estimate of drug-likeness (QED) is 0.127. The maximum Gasteiger partial charge on any atom is 0.121 e. The van der Waals surface area contributed by atoms with Gasteiger partial charge in [-0.2, -0.15) is 0 Å². The summed E-state index contributed by atoms with van der Waals surface area (Å²) in [5.41, 5.74) is 4.55. The van der Waals surface area contributed by atoms with Crippen LogP contribution in [-0.2, 0) is 32.9 Å². The number of aryl methyl sites for hydroxylation is 2. The minimum absolute atomic E-state index is 0. The van der Waals surface area contributed by atoms with Gasteiger partial charge in [0.05, 0.1) is 5.58 Å². The van der Waals surface area contributed by atoms with Gasteiger partial charge in [0.25, 0.3) is 0 Å². The third-order valence-electron chi connectivity index (χ3n) is 12.7. The van der Waals surface area contributed by atoms with Gasteiger partial charge in [0, 0.05) is 53.0 Å². The fourth-order valence-electron chi connectivity index (χ4n) is 9.63. The molecule has 63 heavy (non-hydrogen) atoms. The summed E-state index contributed by atoms with van der Waals surface area (Å²) < 4.78 is 96.9. The first-order valence-corrected chi connectivity index (χ1v) is 22.3. The average molecular weight is 1020 g/mol. The van der Waals surface area contributed by atoms with E-state index in [1.165, 1.54) is 63.4 Å². The molecule has 5 aromatic carbocycles. The molecular formula is C59H64IrN2O-2. The van der Waals surface area contributed by atoms with Crippen LogP contribution >= 0.6 is 0 Å². The minimum Gasteiger partial charge on any atom is -0.501 e. The minimum atomic E-state index is -2.52. The number of hydrogen-bond acceptors (Lipinski definition) is 3. The van der Waals surface area contributed by atoms with Crippen molar-refractivity contribution in [2.75, 3.05) is 0 Å². The number of hydrogen-bond donors (Lipinski definition) is 0. The van der Waals surface area contributed by atoms with Crippen LogP contribution in [0.1, 0.15) is 148 Å². The fraction of sp³-hybridized carbons (Fsp3) is 0.390. The van der Waals surface area contributed by atoms with E-state index in [4.69, 9.17) is 18.1 Å². The SMILES string of the molecule is [2H]C([2H])([2H])c1c[c-]c(-c2ccc(C([2H])([2H])C(C)(C)C)cn2)cc1.[2H]C([2H])([2H])c1cnc(-c2[c-]ccc3c2oc2cc4c(ccc5cc(C6([2H])CCC7(CCCCC7)CC6)ccc54)cc23)cc1C([2H])([2H])C(C)(C)C.[Ir]. The van der Waals surface area contributed by atoms with Gasteiger partial charge in [-0.1, -0.05) is 133 Å². The first-order valence-electron chi connectivity index (χ1n) is 27.8. The molecule has 3 heterocycles. The third-order valence-corrected chi connectivity index (χ3v) is 12.7. The Balaban J connectivity index is 0.000000256. The van der Waals surface area contributed by atoms with E-state index in [1.807, 2.05) is 32.9 Å². The number of nitrogens with zero attached hydrogens (tertiary/aromatic N) is 2. The van der Waals surface area contributed by atoms with Crippen molar-refractivity contribution in [3.8, 4) is 22.5 Å². The molecule has 1 spiro atoms. The zero-order valence-corrected chi connectivity index (χ0v) is 39.7. The molecule has 0 unspecified atom stereocenters. The molecule has 3 nitrogen and oxygen atoms in total. The van der Waals surface area contributed by atoms with Gasteiger partial charge in [0.2, 0.25) is 0 Å². The zero-order chi connectivity index (χ0) is 52.7. The molecule has 0 saturated heterocycles. The molecule has 0 bridgehead atoms. The molecule has 0 N–H and O–H groups in total. The summed E-state index contributed by atoms with van der Waals surface area (Å²) in [6.45, 7) is 6.19. The van der Waals surface area contributed by atoms with Crippen molar-refractivity contribution in [1.29, 1.82) is 0 Å².